The number of benzene rings is 1. The number of fused-ring (bicyclic) bond motifs is 1. The number of methoxy groups -OCH3 is 1. The van der Waals surface area contributed by atoms with Gasteiger partial charge in [0.15, 0.2) is 5.90 Å². The second-order valence-electron chi connectivity index (χ2n) is 7.18. The molecule has 0 spiro atoms. The second kappa shape index (κ2) is 9.11. The number of hydrogen-bond acceptors (Lipinski definition) is 4. The lowest BCUT2D eigenvalue weighted by atomic mass is 9.72. The summed E-state index contributed by atoms with van der Waals surface area (Å²) in [6.45, 7) is 6.82. The van der Waals surface area contributed by atoms with Crippen LogP contribution in [0.15, 0.2) is 40.6 Å². The normalized spacial score (nSPS) is 24.3. The molecule has 0 aliphatic carbocycles. The Morgan fingerprint density at radius 1 is 1.26 bits per heavy atom. The summed E-state index contributed by atoms with van der Waals surface area (Å²) in [5, 5.41) is 0. The van der Waals surface area contributed by atoms with Gasteiger partial charge in [-0.25, -0.2) is 9.18 Å². The van der Waals surface area contributed by atoms with Crippen LogP contribution >= 0.6 is 0 Å². The summed E-state index contributed by atoms with van der Waals surface area (Å²) >= 11 is 0. The van der Waals surface area contributed by atoms with Gasteiger partial charge in [-0.05, 0) is 30.0 Å². The van der Waals surface area contributed by atoms with E-state index in [1.54, 1.807) is 12.1 Å². The summed E-state index contributed by atoms with van der Waals surface area (Å²) in [6.07, 6.45) is 0.868. The highest BCUT2D eigenvalue weighted by molar-refractivity contribution is 5.96. The standard InChI is InChI=1S/C20H24FNO3.CH3F/c1-11(2)18-17(20(23)24-4)16(13-5-7-14(21)8-6-13)15-9-12(3)10-22-19(15)25-18;1-2/h5-8,11-12,15-16H,9-10H2,1-4H3;1H3. The van der Waals surface area contributed by atoms with Crippen LogP contribution in [0.4, 0.5) is 8.78 Å². The monoisotopic (exact) mass is 379 g/mol. The van der Waals surface area contributed by atoms with Crippen LogP contribution in [0.3, 0.4) is 0 Å². The zero-order valence-electron chi connectivity index (χ0n) is 16.5. The van der Waals surface area contributed by atoms with Gasteiger partial charge in [-0.2, -0.15) is 0 Å². The number of aliphatic imine (C=N–C) groups is 1. The molecule has 0 saturated heterocycles. The summed E-state index contributed by atoms with van der Waals surface area (Å²) in [6, 6.07) is 6.34. The number of carbonyl (C=O) groups is 1. The van der Waals surface area contributed by atoms with E-state index >= 15 is 0 Å². The van der Waals surface area contributed by atoms with Gasteiger partial charge >= 0.3 is 5.97 Å². The summed E-state index contributed by atoms with van der Waals surface area (Å²) in [5.74, 6) is 0.741. The number of rotatable bonds is 3. The fourth-order valence-corrected chi connectivity index (χ4v) is 3.72. The number of allylic oxidation sites excluding steroid dienone is 1. The molecule has 0 N–H and O–H groups in total. The number of halogens is 2. The Morgan fingerprint density at radius 3 is 2.44 bits per heavy atom. The minimum atomic E-state index is -0.393. The molecule has 1 aromatic rings. The van der Waals surface area contributed by atoms with E-state index in [1.807, 2.05) is 13.8 Å². The summed E-state index contributed by atoms with van der Waals surface area (Å²) in [7, 11) is 1.88. The summed E-state index contributed by atoms with van der Waals surface area (Å²) in [4.78, 5) is 17.2. The van der Waals surface area contributed by atoms with Crippen molar-refractivity contribution in [3.05, 3.63) is 47.0 Å². The molecule has 4 nitrogen and oxygen atoms in total. The second-order valence-corrected chi connectivity index (χ2v) is 7.18. The average Bonchev–Trinajstić information content (AvgIpc) is 2.68. The van der Waals surface area contributed by atoms with E-state index < -0.39 is 5.97 Å². The van der Waals surface area contributed by atoms with Gasteiger partial charge in [0.2, 0.25) is 0 Å². The molecule has 3 unspecified atom stereocenters. The SMILES string of the molecule is CF.COC(=O)C1=C(C(C)C)OC2=NCC(C)CC2C1c1ccc(F)cc1. The minimum absolute atomic E-state index is 0.0139. The van der Waals surface area contributed by atoms with E-state index in [4.69, 9.17) is 9.47 Å². The van der Waals surface area contributed by atoms with Crippen molar-refractivity contribution in [2.45, 2.75) is 33.1 Å². The Morgan fingerprint density at radius 2 is 1.89 bits per heavy atom. The van der Waals surface area contributed by atoms with Gasteiger partial charge in [-0.3, -0.25) is 9.38 Å². The molecular weight excluding hydrogens is 352 g/mol. The molecule has 27 heavy (non-hydrogen) atoms. The Labute approximate surface area is 159 Å². The molecule has 2 aliphatic heterocycles. The van der Waals surface area contributed by atoms with Gasteiger partial charge < -0.3 is 9.47 Å². The van der Waals surface area contributed by atoms with Crippen LogP contribution in [-0.4, -0.2) is 32.7 Å². The maximum atomic E-state index is 13.4. The van der Waals surface area contributed by atoms with Crippen molar-refractivity contribution in [3.8, 4) is 0 Å². The first-order valence-corrected chi connectivity index (χ1v) is 9.10. The van der Waals surface area contributed by atoms with Crippen LogP contribution in [0.2, 0.25) is 0 Å². The number of hydrogen-bond donors (Lipinski definition) is 0. The fraction of sp³-hybridized carbons (Fsp3) is 0.524. The van der Waals surface area contributed by atoms with Crippen LogP contribution in [0.25, 0.3) is 0 Å². The molecule has 0 fully saturated rings. The molecule has 0 amide bonds. The van der Waals surface area contributed by atoms with Gasteiger partial charge in [0, 0.05) is 24.3 Å². The summed E-state index contributed by atoms with van der Waals surface area (Å²) < 4.78 is 34.1. The van der Waals surface area contributed by atoms with Crippen molar-refractivity contribution in [3.63, 3.8) is 0 Å². The molecule has 0 bridgehead atoms. The lowest BCUT2D eigenvalue weighted by molar-refractivity contribution is -0.137. The minimum Gasteiger partial charge on any atom is -0.466 e. The molecular formula is C21H27F2NO3. The molecule has 0 radical (unpaired) electrons. The van der Waals surface area contributed by atoms with Crippen molar-refractivity contribution in [1.82, 2.24) is 0 Å². The lowest BCUT2D eigenvalue weighted by Crippen LogP contribution is -2.39. The predicted molar refractivity (Wildman–Crippen MR) is 101 cm³/mol. The van der Waals surface area contributed by atoms with Gasteiger partial charge in [0.05, 0.1) is 19.9 Å². The Bertz CT molecular complexity index is 725. The van der Waals surface area contributed by atoms with Gasteiger partial charge in [-0.1, -0.05) is 32.9 Å². The summed E-state index contributed by atoms with van der Waals surface area (Å²) in [5.41, 5.74) is 1.41. The van der Waals surface area contributed by atoms with Crippen molar-refractivity contribution in [2.75, 3.05) is 20.8 Å². The number of nitrogens with zero attached hydrogens (tertiary/aromatic N) is 1. The predicted octanol–water partition coefficient (Wildman–Crippen LogP) is 4.66. The molecule has 3 rings (SSSR count). The first-order chi connectivity index (χ1) is 12.9. The molecule has 3 atom stereocenters. The highest BCUT2D eigenvalue weighted by atomic mass is 19.1. The Kier molecular flexibility index (Phi) is 7.11. The first kappa shape index (κ1) is 21.1. The molecule has 2 aliphatic rings. The maximum Gasteiger partial charge on any atom is 0.337 e. The topological polar surface area (TPSA) is 47.9 Å². The third-order valence-electron chi connectivity index (χ3n) is 4.88. The zero-order chi connectivity index (χ0) is 20.1. The van der Waals surface area contributed by atoms with Gasteiger partial charge in [0.1, 0.15) is 11.6 Å². The molecule has 1 aromatic carbocycles. The Hall–Kier alpha value is -2.24. The largest absolute Gasteiger partial charge is 0.466 e. The van der Waals surface area contributed by atoms with Crippen molar-refractivity contribution < 1.29 is 23.0 Å². The number of esters is 1. The smallest absolute Gasteiger partial charge is 0.337 e. The van der Waals surface area contributed by atoms with E-state index in [0.717, 1.165) is 18.5 Å². The molecule has 2 heterocycles. The average molecular weight is 379 g/mol. The molecule has 148 valence electrons. The Balaban J connectivity index is 0.00000126. The quantitative estimate of drug-likeness (QED) is 0.718. The van der Waals surface area contributed by atoms with E-state index in [9.17, 15) is 13.6 Å². The highest BCUT2D eigenvalue weighted by Crippen LogP contribution is 2.45. The number of alkyl halides is 1. The number of ether oxygens (including phenoxy) is 2. The van der Waals surface area contributed by atoms with E-state index in [0.29, 0.717) is 30.3 Å². The fourth-order valence-electron chi connectivity index (χ4n) is 3.72. The molecule has 0 aromatic heterocycles. The molecule has 6 heteroatoms. The van der Waals surface area contributed by atoms with Crippen molar-refractivity contribution in [1.29, 1.82) is 0 Å². The zero-order valence-corrected chi connectivity index (χ0v) is 16.5. The lowest BCUT2D eigenvalue weighted by Gasteiger charge is -2.39. The maximum absolute atomic E-state index is 13.4. The first-order valence-electron chi connectivity index (χ1n) is 9.10. The van der Waals surface area contributed by atoms with E-state index in [1.165, 1.54) is 19.2 Å². The van der Waals surface area contributed by atoms with Crippen LogP contribution in [0.5, 0.6) is 0 Å². The van der Waals surface area contributed by atoms with E-state index in [2.05, 4.69) is 11.9 Å². The third kappa shape index (κ3) is 4.37. The number of carbonyl (C=O) groups excluding carboxylic acids is 1. The highest BCUT2D eigenvalue weighted by Gasteiger charge is 2.44. The van der Waals surface area contributed by atoms with Crippen molar-refractivity contribution in [2.24, 2.45) is 22.7 Å². The van der Waals surface area contributed by atoms with Crippen molar-refractivity contribution >= 4 is 11.9 Å². The van der Waals surface area contributed by atoms with Crippen LogP contribution in [-0.2, 0) is 14.3 Å². The van der Waals surface area contributed by atoms with E-state index in [-0.39, 0.29) is 23.6 Å². The van der Waals surface area contributed by atoms with Gasteiger partial charge in [-0.15, -0.1) is 0 Å². The van der Waals surface area contributed by atoms with Gasteiger partial charge in [0.25, 0.3) is 0 Å². The van der Waals surface area contributed by atoms with Crippen LogP contribution in [0.1, 0.15) is 38.7 Å². The van der Waals surface area contributed by atoms with Crippen LogP contribution in [0, 0.1) is 23.6 Å². The third-order valence-corrected chi connectivity index (χ3v) is 4.88. The molecule has 0 saturated carbocycles. The van der Waals surface area contributed by atoms with Crippen LogP contribution < -0.4 is 0 Å².